The zero-order valence-electron chi connectivity index (χ0n) is 14.8. The van der Waals surface area contributed by atoms with Gasteiger partial charge in [0.2, 0.25) is 5.91 Å². The number of hydrogen-bond acceptors (Lipinski definition) is 4. The summed E-state index contributed by atoms with van der Waals surface area (Å²) in [4.78, 5) is 16.6. The highest BCUT2D eigenvalue weighted by Crippen LogP contribution is 2.28. The zero-order chi connectivity index (χ0) is 18.7. The molecule has 3 aromatic rings. The van der Waals surface area contributed by atoms with Gasteiger partial charge >= 0.3 is 0 Å². The molecule has 3 rings (SSSR count). The molecule has 1 aromatic heterocycles. The first-order valence-corrected chi connectivity index (χ1v) is 9.09. The van der Waals surface area contributed by atoms with Crippen molar-refractivity contribution in [3.8, 4) is 11.3 Å². The van der Waals surface area contributed by atoms with Gasteiger partial charge in [-0.1, -0.05) is 39.0 Å². The lowest BCUT2D eigenvalue weighted by Crippen LogP contribution is -2.27. The van der Waals surface area contributed by atoms with E-state index in [9.17, 15) is 9.18 Å². The predicted molar refractivity (Wildman–Crippen MR) is 105 cm³/mol. The summed E-state index contributed by atoms with van der Waals surface area (Å²) >= 11 is 1.45. The first-order chi connectivity index (χ1) is 12.3. The van der Waals surface area contributed by atoms with E-state index in [2.05, 4.69) is 15.6 Å². The molecule has 0 saturated heterocycles. The standard InChI is InChI=1S/C20H20FN3OS/c1-20(2,3)18(25)22-15-9-7-13(8-10-15)17-12-26-19(24-17)23-16-6-4-5-14(21)11-16/h4-12H,1-3H3,(H,22,25)(H,23,24). The molecule has 0 unspecified atom stereocenters. The highest BCUT2D eigenvalue weighted by molar-refractivity contribution is 7.14. The number of halogens is 1. The van der Waals surface area contributed by atoms with E-state index in [0.29, 0.717) is 10.8 Å². The summed E-state index contributed by atoms with van der Waals surface area (Å²) < 4.78 is 13.3. The molecular weight excluding hydrogens is 349 g/mol. The average Bonchev–Trinajstić information content (AvgIpc) is 3.03. The number of thiazole rings is 1. The first kappa shape index (κ1) is 18.1. The third kappa shape index (κ3) is 4.46. The van der Waals surface area contributed by atoms with Crippen molar-refractivity contribution in [1.82, 2.24) is 4.98 Å². The Bertz CT molecular complexity index is 913. The lowest BCUT2D eigenvalue weighted by molar-refractivity contribution is -0.123. The molecule has 26 heavy (non-hydrogen) atoms. The van der Waals surface area contributed by atoms with E-state index in [1.165, 1.54) is 23.5 Å². The molecule has 1 heterocycles. The fourth-order valence-electron chi connectivity index (χ4n) is 2.20. The number of amides is 1. The molecule has 0 aliphatic carbocycles. The van der Waals surface area contributed by atoms with Crippen LogP contribution in [0.2, 0.25) is 0 Å². The van der Waals surface area contributed by atoms with Gasteiger partial charge in [0.25, 0.3) is 0 Å². The van der Waals surface area contributed by atoms with Crippen LogP contribution in [0, 0.1) is 11.2 Å². The molecule has 0 spiro atoms. The largest absolute Gasteiger partial charge is 0.331 e. The van der Waals surface area contributed by atoms with E-state index in [4.69, 9.17) is 0 Å². The number of aromatic nitrogens is 1. The van der Waals surface area contributed by atoms with E-state index in [0.717, 1.165) is 16.9 Å². The molecule has 2 aromatic carbocycles. The maximum atomic E-state index is 13.3. The normalized spacial score (nSPS) is 11.2. The fraction of sp³-hybridized carbons (Fsp3) is 0.200. The van der Waals surface area contributed by atoms with Crippen LogP contribution in [-0.4, -0.2) is 10.9 Å². The first-order valence-electron chi connectivity index (χ1n) is 8.21. The number of anilines is 3. The number of carbonyl (C=O) groups is 1. The van der Waals surface area contributed by atoms with Crippen molar-refractivity contribution in [3.05, 3.63) is 59.7 Å². The minimum atomic E-state index is -0.439. The van der Waals surface area contributed by atoms with Crippen molar-refractivity contribution in [2.45, 2.75) is 20.8 Å². The Morgan fingerprint density at radius 1 is 1.08 bits per heavy atom. The third-order valence-electron chi connectivity index (χ3n) is 3.70. The topological polar surface area (TPSA) is 54.0 Å². The molecule has 0 aliphatic heterocycles. The molecular formula is C20H20FN3OS. The summed E-state index contributed by atoms with van der Waals surface area (Å²) in [5.41, 5.74) is 2.74. The Kier molecular flexibility index (Phi) is 5.04. The maximum Gasteiger partial charge on any atom is 0.229 e. The van der Waals surface area contributed by atoms with Crippen LogP contribution in [-0.2, 0) is 4.79 Å². The van der Waals surface area contributed by atoms with E-state index in [1.54, 1.807) is 12.1 Å². The lowest BCUT2D eigenvalue weighted by Gasteiger charge is -2.17. The van der Waals surface area contributed by atoms with Crippen molar-refractivity contribution in [2.24, 2.45) is 5.41 Å². The van der Waals surface area contributed by atoms with Crippen LogP contribution >= 0.6 is 11.3 Å². The van der Waals surface area contributed by atoms with Gasteiger partial charge in [-0.05, 0) is 30.3 Å². The molecule has 0 radical (unpaired) electrons. The van der Waals surface area contributed by atoms with Crippen LogP contribution in [0.25, 0.3) is 11.3 Å². The molecule has 134 valence electrons. The highest BCUT2D eigenvalue weighted by Gasteiger charge is 2.21. The summed E-state index contributed by atoms with van der Waals surface area (Å²) in [7, 11) is 0. The lowest BCUT2D eigenvalue weighted by atomic mass is 9.95. The van der Waals surface area contributed by atoms with Gasteiger partial charge < -0.3 is 10.6 Å². The second kappa shape index (κ2) is 7.25. The average molecular weight is 369 g/mol. The van der Waals surface area contributed by atoms with Gasteiger partial charge in [-0.25, -0.2) is 9.37 Å². The number of nitrogens with zero attached hydrogens (tertiary/aromatic N) is 1. The van der Waals surface area contributed by atoms with Gasteiger partial charge in [0, 0.05) is 27.7 Å². The Morgan fingerprint density at radius 3 is 2.46 bits per heavy atom. The Morgan fingerprint density at radius 2 is 1.81 bits per heavy atom. The van der Waals surface area contributed by atoms with Crippen LogP contribution < -0.4 is 10.6 Å². The smallest absolute Gasteiger partial charge is 0.229 e. The Labute approximate surface area is 156 Å². The van der Waals surface area contributed by atoms with Crippen molar-refractivity contribution in [2.75, 3.05) is 10.6 Å². The van der Waals surface area contributed by atoms with Gasteiger partial charge in [-0.2, -0.15) is 0 Å². The third-order valence-corrected chi connectivity index (χ3v) is 4.46. The molecule has 0 aliphatic rings. The van der Waals surface area contributed by atoms with Crippen LogP contribution in [0.4, 0.5) is 20.9 Å². The van der Waals surface area contributed by atoms with E-state index < -0.39 is 5.41 Å². The van der Waals surface area contributed by atoms with E-state index >= 15 is 0 Å². The van der Waals surface area contributed by atoms with Crippen molar-refractivity contribution in [1.29, 1.82) is 0 Å². The molecule has 6 heteroatoms. The van der Waals surface area contributed by atoms with Gasteiger partial charge in [-0.15, -0.1) is 11.3 Å². The molecule has 4 nitrogen and oxygen atoms in total. The number of carbonyl (C=O) groups excluding carboxylic acids is 1. The Hall–Kier alpha value is -2.73. The fourth-order valence-corrected chi connectivity index (χ4v) is 2.94. The Balaban J connectivity index is 1.70. The second-order valence-electron chi connectivity index (χ2n) is 6.95. The van der Waals surface area contributed by atoms with Crippen LogP contribution in [0.3, 0.4) is 0 Å². The van der Waals surface area contributed by atoms with Gasteiger partial charge in [0.1, 0.15) is 5.82 Å². The number of hydrogen-bond donors (Lipinski definition) is 2. The van der Waals surface area contributed by atoms with Crippen LogP contribution in [0.5, 0.6) is 0 Å². The second-order valence-corrected chi connectivity index (χ2v) is 7.81. The summed E-state index contributed by atoms with van der Waals surface area (Å²) in [5.74, 6) is -0.319. The number of rotatable bonds is 4. The van der Waals surface area contributed by atoms with Gasteiger partial charge in [0.05, 0.1) is 5.69 Å². The van der Waals surface area contributed by atoms with E-state index in [-0.39, 0.29) is 11.7 Å². The van der Waals surface area contributed by atoms with Crippen molar-refractivity contribution >= 4 is 33.8 Å². The predicted octanol–water partition coefficient (Wildman–Crippen LogP) is 5.68. The minimum Gasteiger partial charge on any atom is -0.331 e. The summed E-state index contributed by atoms with van der Waals surface area (Å²) in [6, 6.07) is 13.8. The SMILES string of the molecule is CC(C)(C)C(=O)Nc1ccc(-c2csc(Nc3cccc(F)c3)n2)cc1. The molecule has 1 amide bonds. The van der Waals surface area contributed by atoms with Crippen LogP contribution in [0.1, 0.15) is 20.8 Å². The zero-order valence-corrected chi connectivity index (χ0v) is 15.7. The molecule has 0 fully saturated rings. The molecule has 0 atom stereocenters. The molecule has 2 N–H and O–H groups in total. The monoisotopic (exact) mass is 369 g/mol. The maximum absolute atomic E-state index is 13.3. The highest BCUT2D eigenvalue weighted by atomic mass is 32.1. The number of benzene rings is 2. The molecule has 0 bridgehead atoms. The summed E-state index contributed by atoms with van der Waals surface area (Å²) in [6.07, 6.45) is 0. The van der Waals surface area contributed by atoms with Gasteiger partial charge in [-0.3, -0.25) is 4.79 Å². The van der Waals surface area contributed by atoms with Gasteiger partial charge in [0.15, 0.2) is 5.13 Å². The quantitative estimate of drug-likeness (QED) is 0.622. The molecule has 0 saturated carbocycles. The number of nitrogens with one attached hydrogen (secondary N) is 2. The van der Waals surface area contributed by atoms with Crippen molar-refractivity contribution in [3.63, 3.8) is 0 Å². The summed E-state index contributed by atoms with van der Waals surface area (Å²) in [6.45, 7) is 5.62. The summed E-state index contributed by atoms with van der Waals surface area (Å²) in [5, 5.41) is 8.62. The van der Waals surface area contributed by atoms with E-state index in [1.807, 2.05) is 50.4 Å². The van der Waals surface area contributed by atoms with Crippen LogP contribution in [0.15, 0.2) is 53.9 Å². The minimum absolute atomic E-state index is 0.0273. The van der Waals surface area contributed by atoms with Crippen molar-refractivity contribution < 1.29 is 9.18 Å².